The van der Waals surface area contributed by atoms with Crippen LogP contribution in [-0.4, -0.2) is 11.1 Å². The lowest BCUT2D eigenvalue weighted by Crippen LogP contribution is -1.92. The minimum atomic E-state index is -0.935. The summed E-state index contributed by atoms with van der Waals surface area (Å²) in [6.07, 6.45) is 35.4. The summed E-state index contributed by atoms with van der Waals surface area (Å²) >= 11 is 0. The normalized spacial score (nSPS) is 10.6. The molecule has 0 spiro atoms. The highest BCUT2D eigenvalue weighted by atomic mass is 16.4. The molecule has 0 saturated heterocycles. The number of rotatable bonds is 24. The molecule has 0 aliphatic heterocycles. The molecule has 2 heteroatoms. The molecule has 0 unspecified atom stereocenters. The third-order valence-electron chi connectivity index (χ3n) is 6.32. The summed E-state index contributed by atoms with van der Waals surface area (Å²) in [4.78, 5) is 9.60. The summed E-state index contributed by atoms with van der Waals surface area (Å²) in [5.74, 6) is -0.935. The quantitative estimate of drug-likeness (QED) is 0.117. The molecule has 0 aromatic carbocycles. The van der Waals surface area contributed by atoms with E-state index in [-0.39, 0.29) is 5.57 Å². The molecule has 0 aromatic rings. The van der Waals surface area contributed by atoms with Gasteiger partial charge in [-0.2, -0.15) is 0 Å². The van der Waals surface area contributed by atoms with Gasteiger partial charge in [0.2, 0.25) is 0 Å². The van der Waals surface area contributed by atoms with Gasteiger partial charge in [-0.1, -0.05) is 175 Å². The number of aliphatic carboxylic acids is 1. The molecule has 192 valence electrons. The fourth-order valence-corrected chi connectivity index (χ4v) is 4.04. The Morgan fingerprint density at radius 1 is 0.469 bits per heavy atom. The number of carbonyl (C=O) groups is 1. The maximum atomic E-state index is 9.60. The van der Waals surface area contributed by atoms with Gasteiger partial charge < -0.3 is 5.11 Å². The van der Waals surface area contributed by atoms with E-state index in [2.05, 4.69) is 20.4 Å². The first-order valence-electron chi connectivity index (χ1n) is 14.4. The third-order valence-corrected chi connectivity index (χ3v) is 6.32. The Morgan fingerprint density at radius 2 is 0.594 bits per heavy atom. The molecule has 0 saturated carbocycles. The molecule has 0 radical (unpaired) electrons. The summed E-state index contributed by atoms with van der Waals surface area (Å²) in [5, 5.41) is 7.89. The number of carboxylic acids is 1. The van der Waals surface area contributed by atoms with Gasteiger partial charge in [0.1, 0.15) is 0 Å². The molecular weight excluding hydrogens is 392 g/mol. The smallest absolute Gasteiger partial charge is 0.330 e. The zero-order valence-electron chi connectivity index (χ0n) is 22.5. The van der Waals surface area contributed by atoms with Crippen molar-refractivity contribution in [3.05, 3.63) is 12.2 Å². The maximum Gasteiger partial charge on any atom is 0.330 e. The van der Waals surface area contributed by atoms with Crippen LogP contribution in [0.5, 0.6) is 0 Å². The number of carboxylic acid groups (broad SMARTS) is 1. The summed E-state index contributed by atoms with van der Waals surface area (Å²) < 4.78 is 0. The summed E-state index contributed by atoms with van der Waals surface area (Å²) in [6.45, 7) is 9.21. The van der Waals surface area contributed by atoms with Crippen LogP contribution in [0.3, 0.4) is 0 Å². The lowest BCUT2D eigenvalue weighted by molar-refractivity contribution is -0.132. The van der Waals surface area contributed by atoms with Crippen molar-refractivity contribution in [2.75, 3.05) is 0 Å². The SMILES string of the molecule is C=C(C)C(=O)O.CCCCCCCCCCCCCCCCCCCCCCCCCC. The standard InChI is InChI=1S/C26H54.C4H6O2/c1-3-5-7-9-11-13-15-17-19-21-23-25-26-24-22-20-18-16-14-12-10-8-6-4-2;1-3(2)4(5)6/h3-26H2,1-2H3;1H2,2H3,(H,5,6). The van der Waals surface area contributed by atoms with Crippen molar-refractivity contribution in [3.8, 4) is 0 Å². The monoisotopic (exact) mass is 452 g/mol. The second-order valence-corrected chi connectivity index (χ2v) is 9.86. The zero-order valence-corrected chi connectivity index (χ0v) is 22.5. The number of unbranched alkanes of at least 4 members (excludes halogenated alkanes) is 23. The first-order valence-corrected chi connectivity index (χ1v) is 14.4. The van der Waals surface area contributed by atoms with E-state index in [0.29, 0.717) is 0 Å². The van der Waals surface area contributed by atoms with Crippen molar-refractivity contribution >= 4 is 5.97 Å². The highest BCUT2D eigenvalue weighted by Gasteiger charge is 1.95. The van der Waals surface area contributed by atoms with Crippen molar-refractivity contribution in [2.45, 2.75) is 175 Å². The molecule has 0 atom stereocenters. The summed E-state index contributed by atoms with van der Waals surface area (Å²) in [6, 6.07) is 0. The van der Waals surface area contributed by atoms with Gasteiger partial charge in [-0.3, -0.25) is 0 Å². The van der Waals surface area contributed by atoms with Crippen LogP contribution in [0.2, 0.25) is 0 Å². The average molecular weight is 453 g/mol. The van der Waals surface area contributed by atoms with Crippen LogP contribution in [0.15, 0.2) is 12.2 Å². The van der Waals surface area contributed by atoms with Gasteiger partial charge in [-0.05, 0) is 6.92 Å². The van der Waals surface area contributed by atoms with Gasteiger partial charge >= 0.3 is 5.97 Å². The molecule has 0 aromatic heterocycles. The molecule has 0 bridgehead atoms. The van der Waals surface area contributed by atoms with Gasteiger partial charge in [0.05, 0.1) is 0 Å². The first kappa shape index (κ1) is 33.4. The fourth-order valence-electron chi connectivity index (χ4n) is 4.04. The van der Waals surface area contributed by atoms with Gasteiger partial charge in [0.15, 0.2) is 0 Å². The summed E-state index contributed by atoms with van der Waals surface area (Å²) in [7, 11) is 0. The Labute approximate surface area is 203 Å². The van der Waals surface area contributed by atoms with Crippen LogP contribution in [-0.2, 0) is 4.79 Å². The largest absolute Gasteiger partial charge is 0.478 e. The Kier molecular flexibility index (Phi) is 31.5. The van der Waals surface area contributed by atoms with Crippen molar-refractivity contribution in [2.24, 2.45) is 0 Å². The minimum absolute atomic E-state index is 0.176. The Morgan fingerprint density at radius 3 is 0.688 bits per heavy atom. The second kappa shape index (κ2) is 30.2. The van der Waals surface area contributed by atoms with Crippen LogP contribution in [0, 0.1) is 0 Å². The van der Waals surface area contributed by atoms with E-state index in [4.69, 9.17) is 5.11 Å². The Balaban J connectivity index is 0. The van der Waals surface area contributed by atoms with Crippen molar-refractivity contribution in [1.29, 1.82) is 0 Å². The highest BCUT2D eigenvalue weighted by molar-refractivity contribution is 5.84. The van der Waals surface area contributed by atoms with E-state index < -0.39 is 5.97 Å². The first-order chi connectivity index (χ1) is 15.6. The number of hydrogen-bond acceptors (Lipinski definition) is 1. The highest BCUT2D eigenvalue weighted by Crippen LogP contribution is 2.15. The molecule has 2 nitrogen and oxygen atoms in total. The molecule has 32 heavy (non-hydrogen) atoms. The zero-order chi connectivity index (χ0) is 24.1. The molecule has 0 aliphatic rings. The topological polar surface area (TPSA) is 37.3 Å². The van der Waals surface area contributed by atoms with E-state index in [9.17, 15) is 4.79 Å². The van der Waals surface area contributed by atoms with Gasteiger partial charge in [0.25, 0.3) is 0 Å². The number of hydrogen-bond donors (Lipinski definition) is 1. The predicted molar refractivity (Wildman–Crippen MR) is 145 cm³/mol. The minimum Gasteiger partial charge on any atom is -0.478 e. The fraction of sp³-hybridized carbons (Fsp3) is 0.900. The van der Waals surface area contributed by atoms with E-state index >= 15 is 0 Å². The summed E-state index contributed by atoms with van der Waals surface area (Å²) in [5.41, 5.74) is 0.176. The van der Waals surface area contributed by atoms with E-state index in [1.807, 2.05) is 0 Å². The van der Waals surface area contributed by atoms with Crippen LogP contribution in [0.1, 0.15) is 175 Å². The maximum absolute atomic E-state index is 9.60. The molecule has 0 fully saturated rings. The Bertz CT molecular complexity index is 339. The van der Waals surface area contributed by atoms with Gasteiger partial charge in [-0.25, -0.2) is 4.79 Å². The average Bonchev–Trinajstić information content (AvgIpc) is 2.77. The molecule has 0 aliphatic carbocycles. The van der Waals surface area contributed by atoms with Crippen LogP contribution in [0.25, 0.3) is 0 Å². The molecule has 0 rings (SSSR count). The Hall–Kier alpha value is -0.790. The molecule has 0 amide bonds. The van der Waals surface area contributed by atoms with E-state index in [1.54, 1.807) is 0 Å². The van der Waals surface area contributed by atoms with E-state index in [0.717, 1.165) is 0 Å². The lowest BCUT2D eigenvalue weighted by Gasteiger charge is -2.04. The van der Waals surface area contributed by atoms with Gasteiger partial charge in [0, 0.05) is 5.57 Å². The van der Waals surface area contributed by atoms with Crippen molar-refractivity contribution in [1.82, 2.24) is 0 Å². The van der Waals surface area contributed by atoms with Gasteiger partial charge in [-0.15, -0.1) is 0 Å². The second-order valence-electron chi connectivity index (χ2n) is 9.86. The van der Waals surface area contributed by atoms with E-state index in [1.165, 1.54) is 161 Å². The predicted octanol–water partition coefficient (Wildman–Crippen LogP) is 11.0. The molecule has 1 N–H and O–H groups in total. The van der Waals surface area contributed by atoms with Crippen molar-refractivity contribution in [3.63, 3.8) is 0 Å². The lowest BCUT2D eigenvalue weighted by atomic mass is 10.0. The third kappa shape index (κ3) is 33.8. The molecule has 0 heterocycles. The van der Waals surface area contributed by atoms with Crippen LogP contribution >= 0.6 is 0 Å². The van der Waals surface area contributed by atoms with Crippen LogP contribution < -0.4 is 0 Å². The van der Waals surface area contributed by atoms with Crippen molar-refractivity contribution < 1.29 is 9.90 Å². The molecular formula is C30H60O2. The van der Waals surface area contributed by atoms with Crippen LogP contribution in [0.4, 0.5) is 0 Å².